The molecule has 1 N–H and O–H groups in total. The number of aryl methyl sites for hydroxylation is 2. The van der Waals surface area contributed by atoms with Crippen LogP contribution in [0.1, 0.15) is 11.4 Å². The van der Waals surface area contributed by atoms with E-state index in [1.54, 1.807) is 4.68 Å². The predicted molar refractivity (Wildman–Crippen MR) is 58.2 cm³/mol. The molecule has 0 fully saturated rings. The molecule has 0 bridgehead atoms. The molecule has 2 aromatic rings. The van der Waals surface area contributed by atoms with Gasteiger partial charge >= 0.3 is 0 Å². The second-order valence-electron chi connectivity index (χ2n) is 3.39. The molecule has 15 heavy (non-hydrogen) atoms. The van der Waals surface area contributed by atoms with Crippen LogP contribution in [0.15, 0.2) is 18.2 Å². The van der Waals surface area contributed by atoms with E-state index in [0.29, 0.717) is 0 Å². The van der Waals surface area contributed by atoms with Crippen molar-refractivity contribution in [3.63, 3.8) is 0 Å². The van der Waals surface area contributed by atoms with Crippen molar-refractivity contribution in [2.75, 3.05) is 12.4 Å². The lowest BCUT2D eigenvalue weighted by molar-refractivity contribution is 0.775. The highest BCUT2D eigenvalue weighted by atomic mass is 15.5. The van der Waals surface area contributed by atoms with E-state index < -0.39 is 0 Å². The van der Waals surface area contributed by atoms with E-state index in [2.05, 4.69) is 20.8 Å². The molecule has 0 saturated heterocycles. The summed E-state index contributed by atoms with van der Waals surface area (Å²) in [5.74, 6) is 0.784. The first-order valence-electron chi connectivity index (χ1n) is 4.76. The molecule has 0 aliphatic rings. The highest BCUT2D eigenvalue weighted by Crippen LogP contribution is 2.18. The van der Waals surface area contributed by atoms with E-state index in [1.165, 1.54) is 0 Å². The Kier molecular flexibility index (Phi) is 2.37. The summed E-state index contributed by atoms with van der Waals surface area (Å²) in [5.41, 5.74) is 3.19. The van der Waals surface area contributed by atoms with Crippen LogP contribution in [0.3, 0.4) is 0 Å². The molecule has 0 radical (unpaired) electrons. The molecule has 5 heteroatoms. The van der Waals surface area contributed by atoms with Gasteiger partial charge in [0.2, 0.25) is 0 Å². The van der Waals surface area contributed by atoms with Gasteiger partial charge in [0.1, 0.15) is 0 Å². The van der Waals surface area contributed by atoms with Gasteiger partial charge in [0.25, 0.3) is 0 Å². The molecule has 78 valence electrons. The molecule has 0 atom stereocenters. The van der Waals surface area contributed by atoms with Crippen molar-refractivity contribution in [1.29, 1.82) is 0 Å². The summed E-state index contributed by atoms with van der Waals surface area (Å²) in [6.07, 6.45) is 0. The summed E-state index contributed by atoms with van der Waals surface area (Å²) in [7, 11) is 1.89. The highest BCUT2D eigenvalue weighted by molar-refractivity contribution is 5.54. The molecule has 0 amide bonds. The van der Waals surface area contributed by atoms with Gasteiger partial charge in [-0.05, 0) is 42.0 Å². The van der Waals surface area contributed by atoms with E-state index >= 15 is 0 Å². The first kappa shape index (κ1) is 9.64. The minimum absolute atomic E-state index is 0.784. The fourth-order valence-corrected chi connectivity index (χ4v) is 1.45. The van der Waals surface area contributed by atoms with Gasteiger partial charge in [0, 0.05) is 12.7 Å². The van der Waals surface area contributed by atoms with E-state index in [-0.39, 0.29) is 0 Å². The third-order valence-electron chi connectivity index (χ3n) is 2.35. The van der Waals surface area contributed by atoms with Gasteiger partial charge in [-0.3, -0.25) is 0 Å². The van der Waals surface area contributed by atoms with Crippen molar-refractivity contribution in [2.45, 2.75) is 13.8 Å². The van der Waals surface area contributed by atoms with Crippen LogP contribution in [0.25, 0.3) is 5.69 Å². The molecule has 0 saturated carbocycles. The Morgan fingerprint density at radius 3 is 2.67 bits per heavy atom. The van der Waals surface area contributed by atoms with Crippen LogP contribution >= 0.6 is 0 Å². The highest BCUT2D eigenvalue weighted by Gasteiger charge is 2.06. The van der Waals surface area contributed by atoms with Crippen molar-refractivity contribution in [3.05, 3.63) is 29.6 Å². The molecule has 1 aromatic carbocycles. The first-order chi connectivity index (χ1) is 7.22. The maximum atomic E-state index is 3.95. The van der Waals surface area contributed by atoms with Gasteiger partial charge < -0.3 is 5.32 Å². The summed E-state index contributed by atoms with van der Waals surface area (Å²) in [4.78, 5) is 0. The second-order valence-corrected chi connectivity index (χ2v) is 3.39. The predicted octanol–water partition coefficient (Wildman–Crippen LogP) is 1.32. The number of rotatable bonds is 2. The molecule has 5 nitrogen and oxygen atoms in total. The molecule has 1 heterocycles. The van der Waals surface area contributed by atoms with Crippen LogP contribution in [-0.2, 0) is 0 Å². The third kappa shape index (κ3) is 1.68. The molecular weight excluding hydrogens is 190 g/mol. The lowest BCUT2D eigenvalue weighted by Gasteiger charge is -2.08. The van der Waals surface area contributed by atoms with E-state index in [4.69, 9.17) is 0 Å². The first-order valence-corrected chi connectivity index (χ1v) is 4.76. The van der Waals surface area contributed by atoms with Gasteiger partial charge in [0.05, 0.1) is 5.69 Å². The number of aromatic nitrogens is 4. The number of hydrogen-bond donors (Lipinski definition) is 1. The maximum Gasteiger partial charge on any atom is 0.153 e. The lowest BCUT2D eigenvalue weighted by atomic mass is 10.2. The number of nitrogens with zero attached hydrogens (tertiary/aromatic N) is 4. The molecular formula is C10H13N5. The van der Waals surface area contributed by atoms with Crippen molar-refractivity contribution >= 4 is 5.69 Å². The molecule has 0 spiro atoms. The van der Waals surface area contributed by atoms with Gasteiger partial charge in [-0.15, -0.1) is 5.10 Å². The van der Waals surface area contributed by atoms with Crippen LogP contribution in [0.2, 0.25) is 0 Å². The number of hydrogen-bond acceptors (Lipinski definition) is 4. The topological polar surface area (TPSA) is 55.6 Å². The standard InChI is InChI=1S/C10H13N5/c1-7-4-5-9(11-3)6-10(7)15-8(2)12-13-14-15/h4-6,11H,1-3H3. The SMILES string of the molecule is CNc1ccc(C)c(-n2nnnc2C)c1. The summed E-state index contributed by atoms with van der Waals surface area (Å²) in [6, 6.07) is 6.10. The summed E-state index contributed by atoms with van der Waals surface area (Å²) < 4.78 is 1.73. The maximum absolute atomic E-state index is 3.95. The third-order valence-corrected chi connectivity index (χ3v) is 2.35. The Hall–Kier alpha value is -1.91. The fourth-order valence-electron chi connectivity index (χ4n) is 1.45. The van der Waals surface area contributed by atoms with E-state index in [9.17, 15) is 0 Å². The molecule has 0 unspecified atom stereocenters. The fraction of sp³-hybridized carbons (Fsp3) is 0.300. The Balaban J connectivity index is 2.56. The van der Waals surface area contributed by atoms with Crippen LogP contribution in [0, 0.1) is 13.8 Å². The van der Waals surface area contributed by atoms with Crippen LogP contribution in [0.4, 0.5) is 5.69 Å². The minimum Gasteiger partial charge on any atom is -0.388 e. The number of nitrogens with one attached hydrogen (secondary N) is 1. The molecule has 0 aliphatic heterocycles. The van der Waals surface area contributed by atoms with Crippen molar-refractivity contribution in [2.24, 2.45) is 0 Å². The quantitative estimate of drug-likeness (QED) is 0.799. The van der Waals surface area contributed by atoms with E-state index in [0.717, 1.165) is 22.8 Å². The van der Waals surface area contributed by atoms with Gasteiger partial charge in [-0.25, -0.2) is 0 Å². The smallest absolute Gasteiger partial charge is 0.153 e. The van der Waals surface area contributed by atoms with Gasteiger partial charge in [0.15, 0.2) is 5.82 Å². The van der Waals surface area contributed by atoms with Crippen molar-refractivity contribution in [1.82, 2.24) is 20.2 Å². The Bertz CT molecular complexity index is 474. The van der Waals surface area contributed by atoms with Gasteiger partial charge in [-0.1, -0.05) is 6.07 Å². The average molecular weight is 203 g/mol. The van der Waals surface area contributed by atoms with Crippen molar-refractivity contribution in [3.8, 4) is 5.69 Å². The molecule has 0 aliphatic carbocycles. The van der Waals surface area contributed by atoms with Crippen LogP contribution in [-0.4, -0.2) is 27.3 Å². The van der Waals surface area contributed by atoms with E-state index in [1.807, 2.05) is 39.1 Å². The van der Waals surface area contributed by atoms with Crippen LogP contribution in [0.5, 0.6) is 0 Å². The Labute approximate surface area is 88.1 Å². The molecule has 2 rings (SSSR count). The summed E-state index contributed by atoms with van der Waals surface area (Å²) >= 11 is 0. The number of anilines is 1. The van der Waals surface area contributed by atoms with Gasteiger partial charge in [-0.2, -0.15) is 4.68 Å². The largest absolute Gasteiger partial charge is 0.388 e. The minimum atomic E-state index is 0.784. The zero-order valence-electron chi connectivity index (χ0n) is 9.02. The van der Waals surface area contributed by atoms with Crippen LogP contribution < -0.4 is 5.32 Å². The zero-order valence-corrected chi connectivity index (χ0v) is 9.02. The summed E-state index contributed by atoms with van der Waals surface area (Å²) in [5, 5.41) is 14.6. The lowest BCUT2D eigenvalue weighted by Crippen LogP contribution is -2.02. The zero-order chi connectivity index (χ0) is 10.8. The number of tetrazole rings is 1. The Morgan fingerprint density at radius 1 is 1.27 bits per heavy atom. The monoisotopic (exact) mass is 203 g/mol. The number of benzene rings is 1. The normalized spacial score (nSPS) is 10.3. The average Bonchev–Trinajstić information content (AvgIpc) is 2.65. The second kappa shape index (κ2) is 3.68. The molecule has 1 aromatic heterocycles. The summed E-state index contributed by atoms with van der Waals surface area (Å²) in [6.45, 7) is 3.92. The Morgan fingerprint density at radius 2 is 2.07 bits per heavy atom. The van der Waals surface area contributed by atoms with Crippen molar-refractivity contribution < 1.29 is 0 Å².